The van der Waals surface area contributed by atoms with E-state index in [0.717, 1.165) is 89.9 Å². The Morgan fingerprint density at radius 2 is 0.468 bits per heavy atom. The predicted octanol–water partition coefficient (Wildman–Crippen LogP) is 23.3. The highest BCUT2D eigenvalue weighted by molar-refractivity contribution is 5.71. The van der Waals surface area contributed by atoms with Gasteiger partial charge in [0.1, 0.15) is 13.2 Å². The average Bonchev–Trinajstić information content (AvgIpc) is 3.43. The highest BCUT2D eigenvalue weighted by Gasteiger charge is 2.19. The van der Waals surface area contributed by atoms with E-state index < -0.39 is 6.10 Å². The summed E-state index contributed by atoms with van der Waals surface area (Å²) in [7, 11) is 0. The molecule has 0 aromatic heterocycles. The second-order valence-electron chi connectivity index (χ2n) is 23.1. The van der Waals surface area contributed by atoms with Crippen molar-refractivity contribution in [3.8, 4) is 0 Å². The van der Waals surface area contributed by atoms with Crippen molar-refractivity contribution in [3.63, 3.8) is 0 Å². The van der Waals surface area contributed by atoms with Gasteiger partial charge in [-0.1, -0.05) is 294 Å². The number of esters is 3. The molecule has 77 heavy (non-hydrogen) atoms. The fourth-order valence-electron chi connectivity index (χ4n) is 10.1. The second-order valence-corrected chi connectivity index (χ2v) is 23.1. The third-order valence-electron chi connectivity index (χ3n) is 15.3. The summed E-state index contributed by atoms with van der Waals surface area (Å²) in [4.78, 5) is 38.3. The molecule has 6 heteroatoms. The molecular formula is C71H130O6. The Morgan fingerprint density at radius 1 is 0.260 bits per heavy atom. The third kappa shape index (κ3) is 64.1. The zero-order valence-electron chi connectivity index (χ0n) is 51.7. The van der Waals surface area contributed by atoms with Crippen LogP contribution in [0.15, 0.2) is 48.6 Å². The summed E-state index contributed by atoms with van der Waals surface area (Å²) in [5.74, 6) is -0.881. The first kappa shape index (κ1) is 74.4. The molecule has 0 heterocycles. The van der Waals surface area contributed by atoms with Gasteiger partial charge in [-0.3, -0.25) is 14.4 Å². The summed E-state index contributed by atoms with van der Waals surface area (Å²) in [6.07, 6.45) is 82.9. The second kappa shape index (κ2) is 65.9. The van der Waals surface area contributed by atoms with Crippen LogP contribution in [0.25, 0.3) is 0 Å². The molecule has 0 aliphatic carbocycles. The van der Waals surface area contributed by atoms with E-state index in [0.29, 0.717) is 19.3 Å². The van der Waals surface area contributed by atoms with E-state index in [1.54, 1.807) is 0 Å². The van der Waals surface area contributed by atoms with Gasteiger partial charge in [-0.15, -0.1) is 0 Å². The van der Waals surface area contributed by atoms with Gasteiger partial charge < -0.3 is 14.2 Å². The van der Waals surface area contributed by atoms with Gasteiger partial charge in [-0.25, -0.2) is 0 Å². The molecule has 0 bridgehead atoms. The van der Waals surface area contributed by atoms with Crippen molar-refractivity contribution in [1.29, 1.82) is 0 Å². The quantitative estimate of drug-likeness (QED) is 0.0261. The van der Waals surface area contributed by atoms with Gasteiger partial charge >= 0.3 is 17.9 Å². The van der Waals surface area contributed by atoms with Crippen LogP contribution in [0, 0.1) is 0 Å². The van der Waals surface area contributed by atoms with Crippen LogP contribution in [0.4, 0.5) is 0 Å². The highest BCUT2D eigenvalue weighted by atomic mass is 16.6. The summed E-state index contributed by atoms with van der Waals surface area (Å²) >= 11 is 0. The van der Waals surface area contributed by atoms with E-state index >= 15 is 0 Å². The molecule has 0 rings (SSSR count). The van der Waals surface area contributed by atoms with E-state index in [2.05, 4.69) is 69.4 Å². The van der Waals surface area contributed by atoms with Gasteiger partial charge in [0.2, 0.25) is 0 Å². The zero-order valence-corrected chi connectivity index (χ0v) is 51.7. The van der Waals surface area contributed by atoms with E-state index in [1.807, 2.05) is 0 Å². The lowest BCUT2D eigenvalue weighted by Gasteiger charge is -2.18. The molecule has 1 unspecified atom stereocenters. The van der Waals surface area contributed by atoms with E-state index in [9.17, 15) is 14.4 Å². The first-order chi connectivity index (χ1) is 38.0. The smallest absolute Gasteiger partial charge is 0.306 e. The molecular weight excluding hydrogens is 949 g/mol. The van der Waals surface area contributed by atoms with Crippen molar-refractivity contribution in [2.75, 3.05) is 13.2 Å². The number of unbranched alkanes of at least 4 members (excludes halogenated alkanes) is 44. The molecule has 6 nitrogen and oxygen atoms in total. The van der Waals surface area contributed by atoms with Crippen LogP contribution in [0.5, 0.6) is 0 Å². The molecule has 0 aromatic carbocycles. The normalized spacial score (nSPS) is 12.3. The lowest BCUT2D eigenvalue weighted by Crippen LogP contribution is -2.30. The molecule has 0 saturated carbocycles. The Morgan fingerprint density at radius 3 is 0.766 bits per heavy atom. The number of allylic oxidation sites excluding steroid dienone is 8. The van der Waals surface area contributed by atoms with Crippen molar-refractivity contribution < 1.29 is 28.6 Å². The number of carbonyl (C=O) groups is 3. The largest absolute Gasteiger partial charge is 0.462 e. The maximum Gasteiger partial charge on any atom is 0.306 e. The van der Waals surface area contributed by atoms with Crippen LogP contribution in [-0.2, 0) is 28.6 Å². The lowest BCUT2D eigenvalue weighted by atomic mass is 10.0. The first-order valence-electron chi connectivity index (χ1n) is 34.1. The molecule has 1 atom stereocenters. The van der Waals surface area contributed by atoms with Gasteiger partial charge in [-0.05, 0) is 103 Å². The van der Waals surface area contributed by atoms with Crippen LogP contribution in [0.2, 0.25) is 0 Å². The Balaban J connectivity index is 4.14. The minimum atomic E-state index is -0.783. The molecule has 0 saturated heterocycles. The zero-order chi connectivity index (χ0) is 55.7. The van der Waals surface area contributed by atoms with Crippen LogP contribution in [0.1, 0.15) is 367 Å². The van der Waals surface area contributed by atoms with Crippen LogP contribution < -0.4 is 0 Å². The van der Waals surface area contributed by atoms with Crippen LogP contribution in [0.3, 0.4) is 0 Å². The van der Waals surface area contributed by atoms with Crippen molar-refractivity contribution in [3.05, 3.63) is 48.6 Å². The minimum absolute atomic E-state index is 0.0781. The standard InChI is InChI=1S/C71H130O6/c1-4-7-10-13-16-19-22-25-27-28-29-30-31-32-33-34-35-36-37-38-39-40-41-42-44-46-49-52-55-58-61-64-70(73)76-67-68(66-75-69(72)63-60-57-54-51-48-45-24-21-18-15-12-9-6-3)77-71(74)65-62-59-56-53-50-47-43-26-23-20-17-14-11-8-5-2/h17,20-21,24,26,28-29,43,68H,4-16,18-19,22-23,25,27,30-42,44-67H2,1-3H3/b20-17-,24-21-,29-28-,43-26-. The number of hydrogen-bond donors (Lipinski definition) is 0. The summed E-state index contributed by atoms with van der Waals surface area (Å²) in [5, 5.41) is 0. The van der Waals surface area contributed by atoms with Gasteiger partial charge in [0.25, 0.3) is 0 Å². The molecule has 0 aliphatic heterocycles. The molecule has 0 N–H and O–H groups in total. The molecule has 0 aliphatic rings. The lowest BCUT2D eigenvalue weighted by molar-refractivity contribution is -0.167. The van der Waals surface area contributed by atoms with Gasteiger partial charge in [0.15, 0.2) is 6.10 Å². The first-order valence-corrected chi connectivity index (χ1v) is 34.1. The molecule has 0 radical (unpaired) electrons. The Bertz CT molecular complexity index is 1330. The van der Waals surface area contributed by atoms with E-state index in [-0.39, 0.29) is 31.1 Å². The molecule has 0 aromatic rings. The Labute approximate surface area is 479 Å². The van der Waals surface area contributed by atoms with Gasteiger partial charge in [0, 0.05) is 19.3 Å². The number of rotatable bonds is 63. The van der Waals surface area contributed by atoms with E-state index in [1.165, 1.54) is 238 Å². The maximum absolute atomic E-state index is 12.9. The summed E-state index contributed by atoms with van der Waals surface area (Å²) in [6, 6.07) is 0. The molecule has 450 valence electrons. The third-order valence-corrected chi connectivity index (χ3v) is 15.3. The van der Waals surface area contributed by atoms with Crippen molar-refractivity contribution in [2.24, 2.45) is 0 Å². The summed E-state index contributed by atoms with van der Waals surface area (Å²) in [5.41, 5.74) is 0. The topological polar surface area (TPSA) is 78.9 Å². The fraction of sp³-hybridized carbons (Fsp3) is 0.845. The Hall–Kier alpha value is -2.63. The van der Waals surface area contributed by atoms with Crippen molar-refractivity contribution >= 4 is 17.9 Å². The maximum atomic E-state index is 12.9. The Kier molecular flexibility index (Phi) is 63.6. The predicted molar refractivity (Wildman–Crippen MR) is 335 cm³/mol. The molecule has 0 amide bonds. The van der Waals surface area contributed by atoms with Crippen LogP contribution in [-0.4, -0.2) is 37.2 Å². The number of carbonyl (C=O) groups excluding carboxylic acids is 3. The van der Waals surface area contributed by atoms with Gasteiger partial charge in [-0.2, -0.15) is 0 Å². The van der Waals surface area contributed by atoms with E-state index in [4.69, 9.17) is 14.2 Å². The van der Waals surface area contributed by atoms with Crippen LogP contribution >= 0.6 is 0 Å². The van der Waals surface area contributed by atoms with Crippen molar-refractivity contribution in [1.82, 2.24) is 0 Å². The summed E-state index contributed by atoms with van der Waals surface area (Å²) < 4.78 is 16.9. The monoisotopic (exact) mass is 1080 g/mol. The number of hydrogen-bond acceptors (Lipinski definition) is 6. The molecule has 0 fully saturated rings. The minimum Gasteiger partial charge on any atom is -0.462 e. The fourth-order valence-corrected chi connectivity index (χ4v) is 10.1. The SMILES string of the molecule is CCCCC/C=C\C/C=C\CCCCCCCC(=O)OC(COC(=O)CCCCCCC/C=C\CCCCCC)COC(=O)CCCCCCCCCCCCCCCCCCCCC/C=C\CCCCCCCCCC. The number of ether oxygens (including phenoxy) is 3. The average molecular weight is 1080 g/mol. The van der Waals surface area contributed by atoms with Crippen molar-refractivity contribution in [2.45, 2.75) is 374 Å². The highest BCUT2D eigenvalue weighted by Crippen LogP contribution is 2.18. The van der Waals surface area contributed by atoms with Gasteiger partial charge in [0.05, 0.1) is 0 Å². The molecule has 0 spiro atoms. The summed E-state index contributed by atoms with van der Waals surface area (Å²) in [6.45, 7) is 6.63.